The van der Waals surface area contributed by atoms with Crippen LogP contribution in [0.15, 0.2) is 18.3 Å². The molecule has 1 N–H and O–H groups in total. The third kappa shape index (κ3) is 3.94. The van der Waals surface area contributed by atoms with Gasteiger partial charge in [0.2, 0.25) is 0 Å². The second kappa shape index (κ2) is 4.87. The molecule has 0 aliphatic rings. The van der Waals surface area contributed by atoms with Crippen molar-refractivity contribution < 1.29 is 9.90 Å². The fourth-order valence-electron chi connectivity index (χ4n) is 0.921. The lowest BCUT2D eigenvalue weighted by atomic mass is 10.3. The minimum absolute atomic E-state index is 0.135. The number of hydrogen-bond acceptors (Lipinski definition) is 3. The van der Waals surface area contributed by atoms with Gasteiger partial charge in [-0.25, -0.2) is 0 Å². The van der Waals surface area contributed by atoms with Gasteiger partial charge in [0, 0.05) is 11.9 Å². The molecule has 0 radical (unpaired) electrons. The zero-order valence-corrected chi connectivity index (χ0v) is 8.17. The van der Waals surface area contributed by atoms with Crippen LogP contribution in [-0.2, 0) is 10.5 Å². The van der Waals surface area contributed by atoms with Gasteiger partial charge in [0.1, 0.15) is 0 Å². The van der Waals surface area contributed by atoms with E-state index in [2.05, 4.69) is 4.98 Å². The SMILES string of the molecule is Cc1ccnc(CSCC(=O)O)c1. The maximum absolute atomic E-state index is 10.2. The molecule has 1 aromatic rings. The summed E-state index contributed by atoms with van der Waals surface area (Å²) in [5.74, 6) is 0.0153. The summed E-state index contributed by atoms with van der Waals surface area (Å²) >= 11 is 1.36. The third-order valence-corrected chi connectivity index (χ3v) is 2.40. The van der Waals surface area contributed by atoms with Crippen molar-refractivity contribution in [3.05, 3.63) is 29.6 Å². The monoisotopic (exact) mass is 197 g/mol. The van der Waals surface area contributed by atoms with Crippen molar-refractivity contribution in [1.82, 2.24) is 4.98 Å². The first-order valence-corrected chi connectivity index (χ1v) is 5.05. The Morgan fingerprint density at radius 1 is 1.69 bits per heavy atom. The van der Waals surface area contributed by atoms with Crippen molar-refractivity contribution in [1.29, 1.82) is 0 Å². The molecule has 1 rings (SSSR count). The molecule has 0 unspecified atom stereocenters. The number of aryl methyl sites for hydroxylation is 1. The molecule has 0 spiro atoms. The van der Waals surface area contributed by atoms with E-state index >= 15 is 0 Å². The molecule has 0 fully saturated rings. The van der Waals surface area contributed by atoms with Crippen LogP contribution in [0.5, 0.6) is 0 Å². The summed E-state index contributed by atoms with van der Waals surface area (Å²) in [5, 5.41) is 8.40. The van der Waals surface area contributed by atoms with Gasteiger partial charge in [0.25, 0.3) is 0 Å². The van der Waals surface area contributed by atoms with Gasteiger partial charge < -0.3 is 5.11 Å². The molecule has 0 atom stereocenters. The molecule has 0 aromatic carbocycles. The van der Waals surface area contributed by atoms with Gasteiger partial charge in [0.05, 0.1) is 11.4 Å². The number of carboxylic acids is 1. The van der Waals surface area contributed by atoms with Gasteiger partial charge in [0.15, 0.2) is 0 Å². The summed E-state index contributed by atoms with van der Waals surface area (Å²) in [7, 11) is 0. The van der Waals surface area contributed by atoms with E-state index < -0.39 is 5.97 Å². The summed E-state index contributed by atoms with van der Waals surface area (Å²) in [4.78, 5) is 14.3. The van der Waals surface area contributed by atoms with Gasteiger partial charge in [-0.3, -0.25) is 9.78 Å². The largest absolute Gasteiger partial charge is 0.481 e. The van der Waals surface area contributed by atoms with Crippen LogP contribution in [0, 0.1) is 6.92 Å². The van der Waals surface area contributed by atoms with Crippen LogP contribution in [0.4, 0.5) is 0 Å². The number of carbonyl (C=O) groups is 1. The lowest BCUT2D eigenvalue weighted by Crippen LogP contribution is -1.98. The van der Waals surface area contributed by atoms with E-state index in [1.54, 1.807) is 6.20 Å². The first-order valence-electron chi connectivity index (χ1n) is 3.89. The van der Waals surface area contributed by atoms with Crippen LogP contribution in [-0.4, -0.2) is 21.8 Å². The number of pyridine rings is 1. The molecular weight excluding hydrogens is 186 g/mol. The summed E-state index contributed by atoms with van der Waals surface area (Å²) in [6, 6.07) is 3.89. The zero-order valence-electron chi connectivity index (χ0n) is 7.36. The molecule has 4 heteroatoms. The number of rotatable bonds is 4. The molecule has 0 aliphatic heterocycles. The maximum atomic E-state index is 10.2. The van der Waals surface area contributed by atoms with Crippen molar-refractivity contribution in [3.8, 4) is 0 Å². The second-order valence-corrected chi connectivity index (χ2v) is 3.70. The average molecular weight is 197 g/mol. The Morgan fingerprint density at radius 2 is 2.46 bits per heavy atom. The van der Waals surface area contributed by atoms with Crippen molar-refractivity contribution in [3.63, 3.8) is 0 Å². The van der Waals surface area contributed by atoms with Gasteiger partial charge in [-0.05, 0) is 24.6 Å². The lowest BCUT2D eigenvalue weighted by Gasteiger charge is -1.99. The van der Waals surface area contributed by atoms with Crippen LogP contribution in [0.3, 0.4) is 0 Å². The average Bonchev–Trinajstić information content (AvgIpc) is 2.03. The molecule has 1 heterocycles. The Kier molecular flexibility index (Phi) is 3.76. The Bertz CT molecular complexity index is 301. The molecular formula is C9H11NO2S. The van der Waals surface area contributed by atoms with Crippen LogP contribution in [0.2, 0.25) is 0 Å². The fraction of sp³-hybridized carbons (Fsp3) is 0.333. The topological polar surface area (TPSA) is 50.2 Å². The minimum atomic E-state index is -0.780. The Hall–Kier alpha value is -1.03. The highest BCUT2D eigenvalue weighted by Gasteiger charge is 1.99. The quantitative estimate of drug-likeness (QED) is 0.798. The molecule has 70 valence electrons. The van der Waals surface area contributed by atoms with Crippen molar-refractivity contribution in [2.75, 3.05) is 5.75 Å². The van der Waals surface area contributed by atoms with Crippen LogP contribution in [0.1, 0.15) is 11.3 Å². The van der Waals surface area contributed by atoms with Crippen molar-refractivity contribution >= 4 is 17.7 Å². The van der Waals surface area contributed by atoms with Gasteiger partial charge in [-0.15, -0.1) is 11.8 Å². The highest BCUT2D eigenvalue weighted by Crippen LogP contribution is 2.10. The van der Waals surface area contributed by atoms with E-state index in [0.717, 1.165) is 11.3 Å². The Balaban J connectivity index is 2.41. The van der Waals surface area contributed by atoms with Crippen LogP contribution in [0.25, 0.3) is 0 Å². The maximum Gasteiger partial charge on any atom is 0.313 e. The number of nitrogens with zero attached hydrogens (tertiary/aromatic N) is 1. The number of aliphatic carboxylic acids is 1. The van der Waals surface area contributed by atoms with Gasteiger partial charge >= 0.3 is 5.97 Å². The summed E-state index contributed by atoms with van der Waals surface area (Å²) in [5.41, 5.74) is 2.09. The summed E-state index contributed by atoms with van der Waals surface area (Å²) < 4.78 is 0. The van der Waals surface area contributed by atoms with Crippen molar-refractivity contribution in [2.45, 2.75) is 12.7 Å². The van der Waals surface area contributed by atoms with Crippen LogP contribution < -0.4 is 0 Å². The van der Waals surface area contributed by atoms with E-state index in [-0.39, 0.29) is 5.75 Å². The Labute approximate surface area is 81.2 Å². The highest BCUT2D eigenvalue weighted by molar-refractivity contribution is 7.99. The third-order valence-electron chi connectivity index (χ3n) is 1.45. The van der Waals surface area contributed by atoms with E-state index in [1.165, 1.54) is 11.8 Å². The number of hydrogen-bond donors (Lipinski definition) is 1. The minimum Gasteiger partial charge on any atom is -0.481 e. The molecule has 0 amide bonds. The number of carboxylic acid groups (broad SMARTS) is 1. The van der Waals surface area contributed by atoms with Gasteiger partial charge in [-0.1, -0.05) is 0 Å². The van der Waals surface area contributed by atoms with E-state index in [9.17, 15) is 4.79 Å². The molecule has 13 heavy (non-hydrogen) atoms. The standard InChI is InChI=1S/C9H11NO2S/c1-7-2-3-10-8(4-7)5-13-6-9(11)12/h2-4H,5-6H2,1H3,(H,11,12). The Morgan fingerprint density at radius 3 is 3.08 bits per heavy atom. The molecule has 0 saturated carbocycles. The zero-order chi connectivity index (χ0) is 9.68. The molecule has 0 aliphatic carbocycles. The lowest BCUT2D eigenvalue weighted by molar-refractivity contribution is -0.133. The molecule has 3 nitrogen and oxygen atoms in total. The predicted octanol–water partition coefficient (Wildman–Crippen LogP) is 1.71. The molecule has 0 bridgehead atoms. The fourth-order valence-corrected chi connectivity index (χ4v) is 1.56. The first-order chi connectivity index (χ1) is 6.18. The second-order valence-electron chi connectivity index (χ2n) is 2.71. The highest BCUT2D eigenvalue weighted by atomic mass is 32.2. The normalized spacial score (nSPS) is 9.92. The van der Waals surface area contributed by atoms with Gasteiger partial charge in [-0.2, -0.15) is 0 Å². The smallest absolute Gasteiger partial charge is 0.313 e. The molecule has 1 aromatic heterocycles. The molecule has 0 saturated heterocycles. The summed E-state index contributed by atoms with van der Waals surface area (Å²) in [6.07, 6.45) is 1.74. The van der Waals surface area contributed by atoms with Crippen molar-refractivity contribution in [2.24, 2.45) is 0 Å². The number of thioether (sulfide) groups is 1. The van der Waals surface area contributed by atoms with E-state index in [0.29, 0.717) is 5.75 Å². The van der Waals surface area contributed by atoms with Crippen LogP contribution >= 0.6 is 11.8 Å². The van der Waals surface area contributed by atoms with E-state index in [1.807, 2.05) is 19.1 Å². The van der Waals surface area contributed by atoms with E-state index in [4.69, 9.17) is 5.11 Å². The predicted molar refractivity (Wildman–Crippen MR) is 52.8 cm³/mol. The number of aromatic nitrogens is 1. The first kappa shape index (κ1) is 10.1. The summed E-state index contributed by atoms with van der Waals surface area (Å²) in [6.45, 7) is 1.99.